The van der Waals surface area contributed by atoms with Gasteiger partial charge in [-0.05, 0) is 69.7 Å². The zero-order valence-electron chi connectivity index (χ0n) is 17.0. The fraction of sp³-hybridized carbons (Fsp3) is 0.318. The van der Waals surface area contributed by atoms with Gasteiger partial charge in [-0.2, -0.15) is 0 Å². The molecule has 1 heterocycles. The van der Waals surface area contributed by atoms with Crippen LogP contribution in [-0.4, -0.2) is 20.2 Å². The van der Waals surface area contributed by atoms with Crippen molar-refractivity contribution in [2.45, 2.75) is 46.4 Å². The van der Waals surface area contributed by atoms with Crippen LogP contribution < -0.4 is 16.0 Å². The first kappa shape index (κ1) is 20.9. The first-order valence-electron chi connectivity index (χ1n) is 9.57. The van der Waals surface area contributed by atoms with Crippen molar-refractivity contribution in [3.8, 4) is 5.75 Å². The number of benzene rings is 2. The van der Waals surface area contributed by atoms with Crippen LogP contribution in [-0.2, 0) is 6.54 Å². The third kappa shape index (κ3) is 5.35. The van der Waals surface area contributed by atoms with E-state index in [4.69, 9.17) is 16.3 Å². The molecular weight excluding hydrogens is 388 g/mol. The molecule has 1 aromatic heterocycles. The van der Waals surface area contributed by atoms with Crippen molar-refractivity contribution < 1.29 is 4.74 Å². The Kier molecular flexibility index (Phi) is 6.54. The molecule has 0 saturated heterocycles. The summed E-state index contributed by atoms with van der Waals surface area (Å²) in [5.41, 5.74) is 1.82. The van der Waals surface area contributed by atoms with Crippen molar-refractivity contribution in [2.75, 3.05) is 0 Å². The Morgan fingerprint density at radius 3 is 2.28 bits per heavy atom. The topological polar surface area (TPSA) is 61.4 Å². The molecule has 0 N–H and O–H groups in total. The normalized spacial score (nSPS) is 12.0. The second kappa shape index (κ2) is 9.09. The van der Waals surface area contributed by atoms with Crippen LogP contribution in [0.2, 0.25) is 5.02 Å². The second-order valence-electron chi connectivity index (χ2n) is 7.31. The molecule has 6 nitrogen and oxygen atoms in total. The Balaban J connectivity index is 2.05. The fourth-order valence-electron chi connectivity index (χ4n) is 2.80. The predicted octanol–water partition coefficient (Wildman–Crippen LogP) is 4.35. The lowest BCUT2D eigenvalue weighted by Crippen LogP contribution is -2.42. The van der Waals surface area contributed by atoms with Gasteiger partial charge in [-0.1, -0.05) is 23.7 Å². The van der Waals surface area contributed by atoms with Crippen LogP contribution in [0.1, 0.15) is 39.3 Å². The number of halogens is 1. The minimum atomic E-state index is -0.163. The van der Waals surface area contributed by atoms with Gasteiger partial charge in [-0.15, -0.1) is 0 Å². The van der Waals surface area contributed by atoms with E-state index in [0.717, 1.165) is 11.3 Å². The van der Waals surface area contributed by atoms with Gasteiger partial charge in [0, 0.05) is 11.1 Å². The van der Waals surface area contributed by atoms with Gasteiger partial charge >= 0.3 is 5.69 Å². The highest BCUT2D eigenvalue weighted by atomic mass is 35.5. The van der Waals surface area contributed by atoms with Crippen LogP contribution in [0.25, 0.3) is 0 Å². The van der Waals surface area contributed by atoms with E-state index in [9.17, 15) is 4.79 Å². The molecule has 0 aliphatic carbocycles. The summed E-state index contributed by atoms with van der Waals surface area (Å²) in [7, 11) is 0. The molecule has 7 heteroatoms. The second-order valence-corrected chi connectivity index (χ2v) is 7.75. The van der Waals surface area contributed by atoms with Crippen molar-refractivity contribution >= 4 is 17.3 Å². The Hall–Kier alpha value is -2.86. The highest BCUT2D eigenvalue weighted by molar-refractivity contribution is 6.30. The van der Waals surface area contributed by atoms with Crippen LogP contribution in [0.15, 0.2) is 64.6 Å². The SMILES string of the molecule is CC(C)Oc1ccc(N=c2ncn(C(C)C)c(=O)n2Cc2ccc(Cl)cc2)cc1. The van der Waals surface area contributed by atoms with Crippen LogP contribution >= 0.6 is 11.6 Å². The summed E-state index contributed by atoms with van der Waals surface area (Å²) in [5, 5.41) is 0.651. The summed E-state index contributed by atoms with van der Waals surface area (Å²) >= 11 is 5.98. The van der Waals surface area contributed by atoms with E-state index in [1.54, 1.807) is 27.6 Å². The van der Waals surface area contributed by atoms with Gasteiger partial charge in [0.15, 0.2) is 0 Å². The monoisotopic (exact) mass is 412 g/mol. The summed E-state index contributed by atoms with van der Waals surface area (Å²) < 4.78 is 8.83. The number of rotatable bonds is 6. The molecule has 0 aliphatic heterocycles. The van der Waals surface area contributed by atoms with Gasteiger partial charge in [0.25, 0.3) is 0 Å². The van der Waals surface area contributed by atoms with Gasteiger partial charge in [0.2, 0.25) is 5.62 Å². The summed E-state index contributed by atoms with van der Waals surface area (Å²) in [5.74, 6) is 0.774. The zero-order chi connectivity index (χ0) is 21.0. The van der Waals surface area contributed by atoms with E-state index >= 15 is 0 Å². The molecule has 2 aromatic carbocycles. The Morgan fingerprint density at radius 1 is 1.03 bits per heavy atom. The first-order valence-corrected chi connectivity index (χ1v) is 9.95. The quantitative estimate of drug-likeness (QED) is 0.604. The summed E-state index contributed by atoms with van der Waals surface area (Å²) in [4.78, 5) is 22.1. The molecule has 29 heavy (non-hydrogen) atoms. The van der Waals surface area contributed by atoms with Gasteiger partial charge < -0.3 is 4.74 Å². The molecule has 0 radical (unpaired) electrons. The third-order valence-electron chi connectivity index (χ3n) is 4.24. The highest BCUT2D eigenvalue weighted by Crippen LogP contribution is 2.18. The molecule has 0 amide bonds. The van der Waals surface area contributed by atoms with Crippen molar-refractivity contribution in [1.29, 1.82) is 0 Å². The molecule has 152 valence electrons. The van der Waals surface area contributed by atoms with E-state index < -0.39 is 0 Å². The van der Waals surface area contributed by atoms with Crippen molar-refractivity contribution in [3.63, 3.8) is 0 Å². The molecule has 3 aromatic rings. The van der Waals surface area contributed by atoms with Crippen LogP contribution in [0.4, 0.5) is 5.69 Å². The Labute approximate surface area is 175 Å². The van der Waals surface area contributed by atoms with E-state index in [1.165, 1.54) is 0 Å². The lowest BCUT2D eigenvalue weighted by molar-refractivity contribution is 0.242. The average Bonchev–Trinajstić information content (AvgIpc) is 2.67. The number of ether oxygens (including phenoxy) is 1. The fourth-order valence-corrected chi connectivity index (χ4v) is 2.92. The lowest BCUT2D eigenvalue weighted by atomic mass is 10.2. The zero-order valence-corrected chi connectivity index (χ0v) is 17.8. The summed E-state index contributed by atoms with van der Waals surface area (Å²) in [6.45, 7) is 8.20. The van der Waals surface area contributed by atoms with Crippen LogP contribution in [0, 0.1) is 0 Å². The number of hydrogen-bond donors (Lipinski definition) is 0. The van der Waals surface area contributed by atoms with Crippen LogP contribution in [0.3, 0.4) is 0 Å². The standard InChI is InChI=1S/C22H25ClN4O2/c1-15(2)27-14-24-21(25-19-9-11-20(12-10-19)29-16(3)4)26(22(27)28)13-17-5-7-18(23)8-6-17/h5-12,14-16H,13H2,1-4H3. The largest absolute Gasteiger partial charge is 0.491 e. The van der Waals surface area contributed by atoms with Gasteiger partial charge in [0.1, 0.15) is 12.1 Å². The number of nitrogens with zero attached hydrogens (tertiary/aromatic N) is 4. The molecule has 3 rings (SSSR count). The molecule has 0 atom stereocenters. The van der Waals surface area contributed by atoms with Gasteiger partial charge in [-0.25, -0.2) is 14.8 Å². The minimum absolute atomic E-state index is 0.00650. The van der Waals surface area contributed by atoms with Crippen molar-refractivity contribution in [3.05, 3.63) is 81.5 Å². The van der Waals surface area contributed by atoms with Crippen molar-refractivity contribution in [1.82, 2.24) is 14.1 Å². The maximum Gasteiger partial charge on any atom is 0.332 e. The minimum Gasteiger partial charge on any atom is -0.491 e. The molecule has 0 saturated carbocycles. The molecule has 0 spiro atoms. The lowest BCUT2D eigenvalue weighted by Gasteiger charge is -2.13. The smallest absolute Gasteiger partial charge is 0.332 e. The van der Waals surface area contributed by atoms with Crippen LogP contribution in [0.5, 0.6) is 5.75 Å². The van der Waals surface area contributed by atoms with E-state index in [1.807, 2.05) is 64.1 Å². The molecule has 0 bridgehead atoms. The van der Waals surface area contributed by atoms with E-state index in [-0.39, 0.29) is 17.8 Å². The molecule has 0 unspecified atom stereocenters. The predicted molar refractivity (Wildman–Crippen MR) is 115 cm³/mol. The number of aromatic nitrogens is 3. The molecule has 0 aliphatic rings. The molecule has 0 fully saturated rings. The first-order chi connectivity index (χ1) is 13.8. The average molecular weight is 413 g/mol. The van der Waals surface area contributed by atoms with Gasteiger partial charge in [-0.3, -0.25) is 9.13 Å². The summed E-state index contributed by atoms with van der Waals surface area (Å²) in [6, 6.07) is 14.8. The van der Waals surface area contributed by atoms with Crippen molar-refractivity contribution in [2.24, 2.45) is 4.99 Å². The maximum atomic E-state index is 13.0. The number of hydrogen-bond acceptors (Lipinski definition) is 4. The Bertz CT molecular complexity index is 1080. The maximum absolute atomic E-state index is 13.0. The van der Waals surface area contributed by atoms with Gasteiger partial charge in [0.05, 0.1) is 18.3 Å². The highest BCUT2D eigenvalue weighted by Gasteiger charge is 2.09. The Morgan fingerprint density at radius 2 is 1.69 bits per heavy atom. The van der Waals surface area contributed by atoms with E-state index in [0.29, 0.717) is 22.9 Å². The molecular formula is C22H25ClN4O2. The van der Waals surface area contributed by atoms with E-state index in [2.05, 4.69) is 9.98 Å². The summed E-state index contributed by atoms with van der Waals surface area (Å²) in [6.07, 6.45) is 1.64. The third-order valence-corrected chi connectivity index (χ3v) is 4.49.